The summed E-state index contributed by atoms with van der Waals surface area (Å²) < 4.78 is 4.40. The Kier molecular flexibility index (Phi) is 12.7. The van der Waals surface area contributed by atoms with Crippen molar-refractivity contribution in [2.24, 2.45) is 0 Å². The van der Waals surface area contributed by atoms with E-state index in [2.05, 4.69) is 11.7 Å². The number of rotatable bonds is 13. The molecule has 0 aromatic rings. The number of hydrogen-bond acceptors (Lipinski definition) is 8. The Hall–Kier alpha value is -1.06. The molecule has 0 heterocycles. The number of esters is 2. The summed E-state index contributed by atoms with van der Waals surface area (Å²) in [6.45, 7) is 1.26. The molecule has 0 aromatic carbocycles. The highest BCUT2D eigenvalue weighted by atomic mass is 16.6. The lowest BCUT2D eigenvalue weighted by Crippen LogP contribution is -2.49. The standard InChI is InChI=1S/C16H30O8/c1-2-3-4-5-6-7-8-9-12(19)24-16(23)15(22)14(21)13(20)11(18)10-17/h11,13-15,17-18,20-22H,2-10H2,1H3/t11-,13-,14+,15-/m1/s1. The molecule has 0 spiro atoms. The maximum Gasteiger partial charge on any atom is 0.345 e. The van der Waals surface area contributed by atoms with Crippen LogP contribution in [0.15, 0.2) is 0 Å². The first-order chi connectivity index (χ1) is 11.3. The summed E-state index contributed by atoms with van der Waals surface area (Å²) in [5.74, 6) is -2.23. The van der Waals surface area contributed by atoms with Crippen LogP contribution in [-0.4, -0.2) is 68.5 Å². The summed E-state index contributed by atoms with van der Waals surface area (Å²) in [4.78, 5) is 23.0. The second-order valence-corrected chi connectivity index (χ2v) is 5.84. The zero-order valence-electron chi connectivity index (χ0n) is 14.1. The SMILES string of the molecule is CCCCCCCCCC(=O)OC(=O)[C@H](O)[C@@H](O)[C@H](O)[C@H](O)CO. The van der Waals surface area contributed by atoms with Crippen molar-refractivity contribution in [2.45, 2.75) is 82.7 Å². The van der Waals surface area contributed by atoms with Crippen molar-refractivity contribution < 1.29 is 39.9 Å². The van der Waals surface area contributed by atoms with Crippen molar-refractivity contribution in [1.82, 2.24) is 0 Å². The molecular formula is C16H30O8. The van der Waals surface area contributed by atoms with E-state index in [9.17, 15) is 24.9 Å². The van der Waals surface area contributed by atoms with Gasteiger partial charge in [-0.15, -0.1) is 0 Å². The minimum absolute atomic E-state index is 0.0180. The molecule has 0 saturated carbocycles. The molecule has 0 saturated heterocycles. The van der Waals surface area contributed by atoms with Crippen LogP contribution in [0.4, 0.5) is 0 Å². The molecule has 5 N–H and O–H groups in total. The fraction of sp³-hybridized carbons (Fsp3) is 0.875. The quantitative estimate of drug-likeness (QED) is 0.172. The Morgan fingerprint density at radius 3 is 1.96 bits per heavy atom. The average Bonchev–Trinajstić information content (AvgIpc) is 2.58. The molecule has 142 valence electrons. The van der Waals surface area contributed by atoms with Crippen LogP contribution in [-0.2, 0) is 14.3 Å². The monoisotopic (exact) mass is 350 g/mol. The van der Waals surface area contributed by atoms with Crippen molar-refractivity contribution in [1.29, 1.82) is 0 Å². The lowest BCUT2D eigenvalue weighted by atomic mass is 10.0. The molecule has 0 aliphatic heterocycles. The van der Waals surface area contributed by atoms with Gasteiger partial charge >= 0.3 is 11.9 Å². The third kappa shape index (κ3) is 9.29. The van der Waals surface area contributed by atoms with E-state index in [4.69, 9.17) is 10.2 Å². The fourth-order valence-electron chi connectivity index (χ4n) is 2.11. The third-order valence-corrected chi connectivity index (χ3v) is 3.70. The van der Waals surface area contributed by atoms with Crippen molar-refractivity contribution in [2.75, 3.05) is 6.61 Å². The van der Waals surface area contributed by atoms with Gasteiger partial charge in [-0.3, -0.25) is 4.79 Å². The van der Waals surface area contributed by atoms with E-state index in [1.54, 1.807) is 0 Å². The Balaban J connectivity index is 4.01. The smallest absolute Gasteiger partial charge is 0.345 e. The highest BCUT2D eigenvalue weighted by Crippen LogP contribution is 2.10. The molecule has 0 aliphatic rings. The van der Waals surface area contributed by atoms with Gasteiger partial charge in [0.15, 0.2) is 6.10 Å². The lowest BCUT2D eigenvalue weighted by molar-refractivity contribution is -0.176. The van der Waals surface area contributed by atoms with E-state index in [1.165, 1.54) is 6.42 Å². The third-order valence-electron chi connectivity index (χ3n) is 3.70. The van der Waals surface area contributed by atoms with Crippen LogP contribution in [0.25, 0.3) is 0 Å². The van der Waals surface area contributed by atoms with Gasteiger partial charge < -0.3 is 30.3 Å². The molecule has 0 aromatic heterocycles. The van der Waals surface area contributed by atoms with Gasteiger partial charge in [-0.05, 0) is 6.42 Å². The summed E-state index contributed by atoms with van der Waals surface area (Å²) in [5, 5.41) is 46.2. The van der Waals surface area contributed by atoms with Gasteiger partial charge in [0.2, 0.25) is 0 Å². The molecule has 0 amide bonds. The number of carbonyl (C=O) groups excluding carboxylic acids is 2. The highest BCUT2D eigenvalue weighted by molar-refractivity contribution is 5.88. The first-order valence-corrected chi connectivity index (χ1v) is 8.42. The number of aliphatic hydroxyl groups is 5. The first kappa shape index (κ1) is 22.9. The molecule has 4 atom stereocenters. The van der Waals surface area contributed by atoms with E-state index in [0.717, 1.165) is 32.1 Å². The molecule has 0 aliphatic carbocycles. The molecule has 0 rings (SSSR count). The molecule has 24 heavy (non-hydrogen) atoms. The van der Waals surface area contributed by atoms with Gasteiger partial charge in [-0.2, -0.15) is 0 Å². The Morgan fingerprint density at radius 1 is 0.875 bits per heavy atom. The van der Waals surface area contributed by atoms with Crippen LogP contribution < -0.4 is 0 Å². The topological polar surface area (TPSA) is 145 Å². The van der Waals surface area contributed by atoms with E-state index >= 15 is 0 Å². The summed E-state index contributed by atoms with van der Waals surface area (Å²) >= 11 is 0. The first-order valence-electron chi connectivity index (χ1n) is 8.42. The predicted molar refractivity (Wildman–Crippen MR) is 84.8 cm³/mol. The minimum Gasteiger partial charge on any atom is -0.394 e. The van der Waals surface area contributed by atoms with E-state index < -0.39 is 43.0 Å². The molecule has 0 unspecified atom stereocenters. The van der Waals surface area contributed by atoms with E-state index in [-0.39, 0.29) is 6.42 Å². The van der Waals surface area contributed by atoms with Gasteiger partial charge in [0.1, 0.15) is 18.3 Å². The van der Waals surface area contributed by atoms with Gasteiger partial charge in [0.05, 0.1) is 6.61 Å². The number of ether oxygens (including phenoxy) is 1. The zero-order valence-corrected chi connectivity index (χ0v) is 14.1. The van der Waals surface area contributed by atoms with Crippen molar-refractivity contribution in [3.63, 3.8) is 0 Å². The van der Waals surface area contributed by atoms with Crippen LogP contribution in [0, 0.1) is 0 Å². The summed E-state index contributed by atoms with van der Waals surface area (Å²) in [5.41, 5.74) is 0. The summed E-state index contributed by atoms with van der Waals surface area (Å²) in [7, 11) is 0. The van der Waals surface area contributed by atoms with Crippen molar-refractivity contribution >= 4 is 11.9 Å². The Bertz CT molecular complexity index is 360. The van der Waals surface area contributed by atoms with Gasteiger partial charge in [-0.25, -0.2) is 4.79 Å². The second kappa shape index (κ2) is 13.3. The molecule has 0 fully saturated rings. The number of hydrogen-bond donors (Lipinski definition) is 5. The lowest BCUT2D eigenvalue weighted by Gasteiger charge is -2.24. The average molecular weight is 350 g/mol. The van der Waals surface area contributed by atoms with Gasteiger partial charge in [0, 0.05) is 6.42 Å². The molecule has 0 radical (unpaired) electrons. The molecule has 8 nitrogen and oxygen atoms in total. The van der Waals surface area contributed by atoms with E-state index in [1.807, 2.05) is 0 Å². The van der Waals surface area contributed by atoms with Gasteiger partial charge in [-0.1, -0.05) is 45.4 Å². The normalized spacial score (nSPS) is 16.2. The molecule has 0 bridgehead atoms. The largest absolute Gasteiger partial charge is 0.394 e. The second-order valence-electron chi connectivity index (χ2n) is 5.84. The van der Waals surface area contributed by atoms with Crippen LogP contribution in [0.3, 0.4) is 0 Å². The number of carbonyl (C=O) groups is 2. The Labute approximate surface area is 142 Å². The van der Waals surface area contributed by atoms with Crippen LogP contribution in [0.5, 0.6) is 0 Å². The number of unbranched alkanes of at least 4 members (excludes halogenated alkanes) is 6. The summed E-state index contributed by atoms with van der Waals surface area (Å²) in [6.07, 6.45) is -0.948. The van der Waals surface area contributed by atoms with Gasteiger partial charge in [0.25, 0.3) is 0 Å². The number of aliphatic hydroxyl groups excluding tert-OH is 5. The van der Waals surface area contributed by atoms with Crippen molar-refractivity contribution in [3.8, 4) is 0 Å². The fourth-order valence-corrected chi connectivity index (χ4v) is 2.11. The maximum atomic E-state index is 11.5. The van der Waals surface area contributed by atoms with E-state index in [0.29, 0.717) is 6.42 Å². The molecule has 8 heteroatoms. The molecular weight excluding hydrogens is 320 g/mol. The highest BCUT2D eigenvalue weighted by Gasteiger charge is 2.35. The summed E-state index contributed by atoms with van der Waals surface area (Å²) in [6, 6.07) is 0. The maximum absolute atomic E-state index is 11.5. The van der Waals surface area contributed by atoms with Crippen LogP contribution in [0.2, 0.25) is 0 Å². The zero-order chi connectivity index (χ0) is 18.5. The minimum atomic E-state index is -2.20. The van der Waals surface area contributed by atoms with Crippen LogP contribution >= 0.6 is 0 Å². The van der Waals surface area contributed by atoms with Crippen LogP contribution in [0.1, 0.15) is 58.3 Å². The Morgan fingerprint density at radius 2 is 1.42 bits per heavy atom. The predicted octanol–water partition coefficient (Wildman–Crippen LogP) is -0.367. The van der Waals surface area contributed by atoms with Crippen molar-refractivity contribution in [3.05, 3.63) is 0 Å².